The fraction of sp³-hybridized carbons (Fsp3) is 0.800. The molecule has 0 aliphatic carbocycles. The molecule has 5 nitrogen and oxygen atoms in total. The van der Waals surface area contributed by atoms with Crippen LogP contribution in [0.1, 0.15) is 10.3 Å². The predicted molar refractivity (Wildman–Crippen MR) is 41.4 cm³/mol. The molecular weight excluding hydrogens is 180 g/mol. The van der Waals surface area contributed by atoms with E-state index in [1.165, 1.54) is 0 Å². The Morgan fingerprint density at radius 3 is 1.91 bits per heavy atom. The minimum absolute atomic E-state index is 0. The van der Waals surface area contributed by atoms with Gasteiger partial charge in [-0.25, -0.2) is 4.79 Å². The van der Waals surface area contributed by atoms with Crippen molar-refractivity contribution in [2.24, 2.45) is 0 Å². The molecule has 0 saturated heterocycles. The Kier molecular flexibility index (Phi) is 14.0. The van der Waals surface area contributed by atoms with Crippen LogP contribution in [0, 0.1) is 0 Å². The van der Waals surface area contributed by atoms with E-state index >= 15 is 0 Å². The number of aliphatic hydroxyl groups excluding tert-OH is 3. The number of hydrogen-bond donors (Lipinski definition) is 4. The van der Waals surface area contributed by atoms with Gasteiger partial charge in [0.2, 0.25) is 0 Å². The maximum Gasteiger partial charge on any atom is 2.00 e. The molecule has 6 heteroatoms. The van der Waals surface area contributed by atoms with Gasteiger partial charge >= 0.3 is 43.7 Å². The van der Waals surface area contributed by atoms with Crippen molar-refractivity contribution in [1.82, 2.24) is 0 Å². The van der Waals surface area contributed by atoms with Crippen LogP contribution in [0.15, 0.2) is 0 Å². The van der Waals surface area contributed by atoms with Crippen LogP contribution in [0.25, 0.3) is 0 Å². The molecule has 0 saturated carbocycles. The van der Waals surface area contributed by atoms with Crippen LogP contribution >= 0.6 is 0 Å². The zero-order chi connectivity index (χ0) is 7.44. The normalized spacial score (nSPS) is 13.7. The molecule has 0 amide bonds. The Labute approximate surface area is 97.6 Å². The first-order valence-electron chi connectivity index (χ1n) is 2.29. The van der Waals surface area contributed by atoms with Crippen molar-refractivity contribution in [3.05, 3.63) is 0 Å². The topological polar surface area (TPSA) is 98.0 Å². The molecule has 0 spiro atoms. The molecule has 0 aliphatic heterocycles. The van der Waals surface area contributed by atoms with Crippen LogP contribution < -0.4 is 0 Å². The molecule has 0 rings (SSSR count). The van der Waals surface area contributed by atoms with E-state index in [0.717, 1.165) is 0 Å². The second-order valence-corrected chi connectivity index (χ2v) is 1.53. The Morgan fingerprint density at radius 1 is 1.45 bits per heavy atom. The van der Waals surface area contributed by atoms with Gasteiger partial charge in [-0.2, -0.15) is 0 Å². The van der Waals surface area contributed by atoms with E-state index in [-0.39, 0.29) is 48.0 Å². The molecule has 0 aromatic heterocycles. The Bertz CT molecular complexity index is 115. The average Bonchev–Trinajstić information content (AvgIpc) is 1.84. The van der Waals surface area contributed by atoms with Gasteiger partial charge in [0, 0.05) is 0 Å². The van der Waals surface area contributed by atoms with Crippen LogP contribution in [0.2, 0.25) is 0 Å². The first-order valence-corrected chi connectivity index (χ1v) is 2.29. The summed E-state index contributed by atoms with van der Waals surface area (Å²) in [6.07, 6.45) is -3.49. The molecule has 0 unspecified atom stereocenters. The van der Waals surface area contributed by atoms with Crippen LogP contribution in [0.4, 0.5) is 0 Å². The zero-order valence-corrected chi connectivity index (χ0v) is 7.47. The first-order chi connectivity index (χ1) is 4.09. The molecule has 0 aromatic rings. The summed E-state index contributed by atoms with van der Waals surface area (Å²) in [4.78, 5) is 9.78. The fourth-order valence-electron chi connectivity index (χ4n) is 0.264. The van der Waals surface area contributed by atoms with Gasteiger partial charge in [0.15, 0.2) is 6.10 Å². The number of aliphatic hydroxyl groups is 3. The summed E-state index contributed by atoms with van der Waals surface area (Å²) in [7, 11) is 0. The van der Waals surface area contributed by atoms with E-state index in [2.05, 4.69) is 0 Å². The summed E-state index contributed by atoms with van der Waals surface area (Å²) in [5.74, 6) is -1.54. The van der Waals surface area contributed by atoms with Gasteiger partial charge in [-0.15, -0.1) is 0 Å². The minimum atomic E-state index is -1.89. The van der Waals surface area contributed by atoms with Crippen LogP contribution in [0.3, 0.4) is 0 Å². The number of carboxylic acid groups (broad SMARTS) is 1. The molecule has 0 heterocycles. The molecule has 0 bridgehead atoms. The largest absolute Gasteiger partial charge is 2.00 e. The van der Waals surface area contributed by atoms with Crippen LogP contribution in [-0.4, -0.2) is 82.9 Å². The Morgan fingerprint density at radius 2 is 1.82 bits per heavy atom. The molecule has 0 fully saturated rings. The molecule has 0 radical (unpaired) electrons. The van der Waals surface area contributed by atoms with Crippen molar-refractivity contribution in [3.63, 3.8) is 0 Å². The third-order valence-corrected chi connectivity index (χ3v) is 0.805. The van der Waals surface area contributed by atoms with Crippen molar-refractivity contribution >= 4 is 43.7 Å². The second kappa shape index (κ2) is 8.70. The Balaban J connectivity index is -0.0000000533. The number of rotatable bonds is 3. The number of carbonyl (C=O) groups is 1. The van der Waals surface area contributed by atoms with Gasteiger partial charge in [0.25, 0.3) is 0 Å². The van der Waals surface area contributed by atoms with Crippen molar-refractivity contribution in [2.45, 2.75) is 19.6 Å². The van der Waals surface area contributed by atoms with Gasteiger partial charge < -0.3 is 23.3 Å². The van der Waals surface area contributed by atoms with E-state index < -0.39 is 24.8 Å². The van der Waals surface area contributed by atoms with Crippen molar-refractivity contribution in [3.8, 4) is 0 Å². The molecule has 2 atom stereocenters. The van der Waals surface area contributed by atoms with Crippen molar-refractivity contribution in [2.75, 3.05) is 6.61 Å². The average molecular weight is 194 g/mol. The minimum Gasteiger partial charge on any atom is -1.00 e. The van der Waals surface area contributed by atoms with E-state index in [4.69, 9.17) is 20.4 Å². The summed E-state index contributed by atoms with van der Waals surface area (Å²) in [5, 5.41) is 32.8. The van der Waals surface area contributed by atoms with Gasteiger partial charge in [0.05, 0.1) is 6.61 Å². The molecule has 0 aromatic carbocycles. The second-order valence-electron chi connectivity index (χ2n) is 1.53. The van der Waals surface area contributed by atoms with Crippen LogP contribution in [-0.2, 0) is 4.79 Å². The smallest absolute Gasteiger partial charge is 1.00 e. The summed E-state index contributed by atoms with van der Waals surface area (Å²) in [6, 6.07) is 0. The SMILES string of the molecule is C.O=C(O)[C@H](O)[C@@H](O)CO.[Ca+2].[H-].[H-]. The molecule has 0 aliphatic rings. The standard InChI is InChI=1S/C4H8O5.CH4.Ca.2H/c5-1-2(6)3(7)4(8)9;;;;/h2-3,5-7H,1H2,(H,8,9);1H4;;;/q;;+2;2*-1/t2-,3+;;;;/m0..../s1. The van der Waals surface area contributed by atoms with Crippen molar-refractivity contribution in [1.29, 1.82) is 0 Å². The summed E-state index contributed by atoms with van der Waals surface area (Å²) < 4.78 is 0. The number of aliphatic carboxylic acids is 1. The Hall–Kier alpha value is 0.610. The third-order valence-electron chi connectivity index (χ3n) is 0.805. The van der Waals surface area contributed by atoms with E-state index in [9.17, 15) is 4.79 Å². The molecule has 11 heavy (non-hydrogen) atoms. The van der Waals surface area contributed by atoms with Crippen molar-refractivity contribution < 1.29 is 28.1 Å². The monoisotopic (exact) mass is 194 g/mol. The number of hydrogen-bond acceptors (Lipinski definition) is 4. The van der Waals surface area contributed by atoms with E-state index in [0.29, 0.717) is 0 Å². The van der Waals surface area contributed by atoms with Gasteiger partial charge in [-0.1, -0.05) is 7.43 Å². The number of carboxylic acids is 1. The summed E-state index contributed by atoms with van der Waals surface area (Å²) in [5.41, 5.74) is 0. The summed E-state index contributed by atoms with van der Waals surface area (Å²) >= 11 is 0. The quantitative estimate of drug-likeness (QED) is 0.400. The zero-order valence-electron chi connectivity index (χ0n) is 7.27. The van der Waals surface area contributed by atoms with E-state index in [1.54, 1.807) is 0 Å². The maximum atomic E-state index is 9.78. The fourth-order valence-corrected chi connectivity index (χ4v) is 0.264. The summed E-state index contributed by atoms with van der Waals surface area (Å²) in [6.45, 7) is -0.756. The van der Waals surface area contributed by atoms with Gasteiger partial charge in [-0.05, 0) is 0 Å². The maximum absolute atomic E-state index is 9.78. The predicted octanol–water partition coefficient (Wildman–Crippen LogP) is -1.73. The molecular formula is C5H14CaO5. The van der Waals surface area contributed by atoms with E-state index in [1.807, 2.05) is 0 Å². The molecule has 4 N–H and O–H groups in total. The van der Waals surface area contributed by atoms with Gasteiger partial charge in [0.1, 0.15) is 6.10 Å². The van der Waals surface area contributed by atoms with Crippen LogP contribution in [0.5, 0.6) is 0 Å². The van der Waals surface area contributed by atoms with Gasteiger partial charge in [-0.3, -0.25) is 0 Å². The third kappa shape index (κ3) is 6.99. The molecule has 66 valence electrons. The first kappa shape index (κ1) is 17.6.